The van der Waals surface area contributed by atoms with Gasteiger partial charge in [0.2, 0.25) is 11.5 Å². The number of nitrogens with one attached hydrogen (secondary N) is 4. The van der Waals surface area contributed by atoms with Crippen molar-refractivity contribution in [2.75, 3.05) is 23.8 Å². The highest BCUT2D eigenvalue weighted by atomic mass is 32.2. The van der Waals surface area contributed by atoms with Gasteiger partial charge in [-0.1, -0.05) is 5.16 Å². The Hall–Kier alpha value is -5.73. The third-order valence-corrected chi connectivity index (χ3v) is 12.2. The Morgan fingerprint density at radius 2 is 1.93 bits per heavy atom. The minimum Gasteiger partial charge on any atom is -0.504 e. The van der Waals surface area contributed by atoms with Gasteiger partial charge in [-0.3, -0.25) is 34.8 Å². The zero-order valence-corrected chi connectivity index (χ0v) is 32.1. The number of carboxylic acids is 1. The molecule has 4 amide bonds. The third kappa shape index (κ3) is 8.37. The number of thiazole rings is 1. The molecule has 0 aliphatic carbocycles. The number of aliphatic carboxylic acids is 1. The Kier molecular flexibility index (Phi) is 11.0. The summed E-state index contributed by atoms with van der Waals surface area (Å²) in [5.74, 6) is -5.80. The van der Waals surface area contributed by atoms with Crippen molar-refractivity contribution in [1.29, 1.82) is 0 Å². The van der Waals surface area contributed by atoms with Gasteiger partial charge in [-0.15, -0.1) is 53.6 Å². The number of anilines is 1. The molecule has 4 aliphatic rings. The molecule has 2 unspecified atom stereocenters. The van der Waals surface area contributed by atoms with E-state index in [0.717, 1.165) is 58.2 Å². The van der Waals surface area contributed by atoms with Gasteiger partial charge in [0.25, 0.3) is 17.7 Å². The van der Waals surface area contributed by atoms with E-state index >= 15 is 0 Å². The molecule has 6 rings (SSSR count). The maximum absolute atomic E-state index is 13.6. The zero-order valence-electron chi connectivity index (χ0n) is 29.7. The van der Waals surface area contributed by atoms with Crippen molar-refractivity contribution >= 4 is 81.0 Å². The number of hydrogen-bond acceptors (Lipinski definition) is 18. The molecule has 0 spiro atoms. The number of carbonyl (C=O) groups is 5. The van der Waals surface area contributed by atoms with E-state index in [4.69, 9.17) is 10.6 Å². The molecule has 0 radical (unpaired) electrons. The second kappa shape index (κ2) is 15.3. The van der Waals surface area contributed by atoms with Crippen molar-refractivity contribution in [3.63, 3.8) is 0 Å². The summed E-state index contributed by atoms with van der Waals surface area (Å²) in [6.45, 7) is 3.85. The molecule has 0 bridgehead atoms. The number of amides is 4. The van der Waals surface area contributed by atoms with E-state index < -0.39 is 75.5 Å². The van der Waals surface area contributed by atoms with Crippen LogP contribution in [0.15, 0.2) is 56.9 Å². The highest BCUT2D eigenvalue weighted by molar-refractivity contribution is 8.03. The molecule has 2 aromatic rings. The fourth-order valence-electron chi connectivity index (χ4n) is 5.43. The molecular formula is C31H32F3N11O9S3. The van der Waals surface area contributed by atoms with Crippen molar-refractivity contribution in [3.8, 4) is 11.5 Å². The molecule has 57 heavy (non-hydrogen) atoms. The number of rotatable bonds is 11. The molecule has 1 aromatic heterocycles. The molecular weight excluding hydrogens is 824 g/mol. The van der Waals surface area contributed by atoms with Crippen LogP contribution in [0.1, 0.15) is 36.8 Å². The van der Waals surface area contributed by atoms with Crippen molar-refractivity contribution in [2.45, 2.75) is 44.1 Å². The number of alkyl halides is 3. The van der Waals surface area contributed by atoms with Crippen LogP contribution in [0.3, 0.4) is 0 Å². The Morgan fingerprint density at radius 1 is 1.19 bits per heavy atom. The molecule has 1 aromatic carbocycles. The lowest BCUT2D eigenvalue weighted by atomic mass is 9.89. The third-order valence-electron chi connectivity index (χ3n) is 8.60. The van der Waals surface area contributed by atoms with Gasteiger partial charge in [-0.2, -0.15) is 0 Å². The van der Waals surface area contributed by atoms with Gasteiger partial charge in [0.15, 0.2) is 28.2 Å². The highest BCUT2D eigenvalue weighted by Gasteiger charge is 2.58. The Morgan fingerprint density at radius 3 is 2.58 bits per heavy atom. The van der Waals surface area contributed by atoms with Crippen LogP contribution in [0.5, 0.6) is 11.5 Å². The van der Waals surface area contributed by atoms with E-state index in [2.05, 4.69) is 36.8 Å². The fraction of sp³-hybridized carbons (Fsp3) is 0.355. The molecule has 26 heteroatoms. The predicted molar refractivity (Wildman–Crippen MR) is 198 cm³/mol. The predicted octanol–water partition coefficient (Wildman–Crippen LogP) is 0.973. The van der Waals surface area contributed by atoms with Crippen molar-refractivity contribution in [2.24, 2.45) is 15.6 Å². The van der Waals surface area contributed by atoms with Crippen LogP contribution in [0.2, 0.25) is 0 Å². The average Bonchev–Trinajstić information content (AvgIpc) is 3.79. The van der Waals surface area contributed by atoms with Crippen LogP contribution in [-0.4, -0.2) is 118 Å². The number of aromatic nitrogens is 1. The number of aromatic hydroxyl groups is 2. The first-order valence-corrected chi connectivity index (χ1v) is 19.2. The summed E-state index contributed by atoms with van der Waals surface area (Å²) >= 11 is 3.03. The monoisotopic (exact) mass is 855 g/mol. The van der Waals surface area contributed by atoms with Crippen molar-refractivity contribution in [1.82, 2.24) is 41.6 Å². The first-order valence-electron chi connectivity index (χ1n) is 16.3. The number of nitrogens with zero attached hydrogens (tertiary/aromatic N) is 6. The maximum atomic E-state index is 13.6. The molecule has 9 N–H and O–H groups in total. The quantitative estimate of drug-likeness (QED) is 0.0514. The Balaban J connectivity index is 1.09. The standard InChI is InChI=1S/C31H32F3N11O9S3/c1-13-6-19(45-18(36-13)8-44(42-45)31(32,33)34)56-11-30(27(52)53)10-43-24(50)21(25(43)57-12-30)38-23(49)20(15-9-55-28(35)37-15)41-54-29(2,3)26(51)40-39-22(48)14-4-5-16(46)17(47)7-14/h4-9,21,25,42,46-47H,10-12H2,1-3H3,(H2,35,37)(H,38,49)(H,39,48)(H,40,51)(H,52,53)/t21?,25-,30?/m1/s1. The van der Waals surface area contributed by atoms with E-state index in [-0.39, 0.29) is 50.3 Å². The zero-order chi connectivity index (χ0) is 41.6. The number of oxime groups is 1. The summed E-state index contributed by atoms with van der Waals surface area (Å²) in [5.41, 5.74) is 8.60. The summed E-state index contributed by atoms with van der Waals surface area (Å²) in [6.07, 6.45) is -2.49. The lowest BCUT2D eigenvalue weighted by Gasteiger charge is -2.53. The first kappa shape index (κ1) is 40.9. The second-order valence-electron chi connectivity index (χ2n) is 13.2. The summed E-state index contributed by atoms with van der Waals surface area (Å²) < 4.78 is 40.1. The van der Waals surface area contributed by atoms with E-state index in [1.807, 2.05) is 0 Å². The number of phenolic OH excluding ortho intramolecular Hbond substituents is 2. The average molecular weight is 856 g/mol. The van der Waals surface area contributed by atoms with Crippen LogP contribution >= 0.6 is 34.9 Å². The van der Waals surface area contributed by atoms with Crippen LogP contribution in [0, 0.1) is 5.41 Å². The number of hydrazine groups is 3. The van der Waals surface area contributed by atoms with E-state index in [1.54, 1.807) is 6.92 Å². The van der Waals surface area contributed by atoms with Crippen LogP contribution in [0.25, 0.3) is 0 Å². The molecule has 0 saturated carbocycles. The highest BCUT2D eigenvalue weighted by Crippen LogP contribution is 2.45. The number of thioether (sulfide) groups is 2. The van der Waals surface area contributed by atoms with Crippen LogP contribution < -0.4 is 27.4 Å². The fourth-order valence-corrected chi connectivity index (χ4v) is 8.90. The Bertz CT molecular complexity index is 2160. The number of β-lactam (4-membered cyclic amide) rings is 1. The Labute approximate surface area is 331 Å². The summed E-state index contributed by atoms with van der Waals surface area (Å²) in [6, 6.07) is 2.10. The van der Waals surface area contributed by atoms with Gasteiger partial charge in [0.05, 0.1) is 11.2 Å². The van der Waals surface area contributed by atoms with Gasteiger partial charge in [-0.05, 0) is 45.0 Å². The summed E-state index contributed by atoms with van der Waals surface area (Å²) in [5, 5.41) is 37.9. The lowest BCUT2D eigenvalue weighted by molar-refractivity contribution is -0.250. The molecule has 4 aliphatic heterocycles. The van der Waals surface area contributed by atoms with Gasteiger partial charge in [0, 0.05) is 34.7 Å². The molecule has 2 saturated heterocycles. The smallest absolute Gasteiger partial charge is 0.500 e. The summed E-state index contributed by atoms with van der Waals surface area (Å²) in [7, 11) is 0. The van der Waals surface area contributed by atoms with Crippen molar-refractivity contribution < 1.29 is 57.3 Å². The topological polar surface area (TPSA) is 277 Å². The minimum absolute atomic E-state index is 0.0261. The van der Waals surface area contributed by atoms with Crippen LogP contribution in [-0.2, 0) is 24.0 Å². The van der Waals surface area contributed by atoms with Gasteiger partial charge < -0.3 is 36.1 Å². The van der Waals surface area contributed by atoms with Crippen LogP contribution in [0.4, 0.5) is 18.3 Å². The number of nitrogen functional groups attached to an aromatic ring is 1. The number of fused-ring (bicyclic) bond motifs is 2. The van der Waals surface area contributed by atoms with Gasteiger partial charge in [0.1, 0.15) is 22.5 Å². The number of benzene rings is 1. The number of halogens is 3. The number of phenols is 2. The maximum Gasteiger partial charge on any atom is 0.500 e. The molecule has 3 atom stereocenters. The number of hydrogen-bond donors (Lipinski definition) is 8. The van der Waals surface area contributed by atoms with E-state index in [9.17, 15) is 52.5 Å². The number of aliphatic imine (C=N–C) groups is 1. The van der Waals surface area contributed by atoms with Gasteiger partial charge >= 0.3 is 12.3 Å². The second-order valence-corrected chi connectivity index (χ2v) is 16.2. The molecule has 2 fully saturated rings. The van der Waals surface area contributed by atoms with Gasteiger partial charge in [-0.25, -0.2) is 20.0 Å². The molecule has 304 valence electrons. The van der Waals surface area contributed by atoms with E-state index in [1.165, 1.54) is 36.3 Å². The SMILES string of the molecule is CC1=NC2=CN(C(F)(F)F)NN2C(SCC2(C(=O)O)CS[C@@H]3C(NC(=O)C(=NOC(C)(C)C(=O)NNC(=O)c4ccc(O)c(O)c4)c4csc(N)n4)C(=O)N3C2)=C1. The lowest BCUT2D eigenvalue weighted by Crippen LogP contribution is -2.74. The number of allylic oxidation sites excluding steroid dienone is 1. The normalized spacial score (nSPS) is 22.0. The number of nitrogens with two attached hydrogens (primary N) is 1. The minimum atomic E-state index is -4.75. The van der Waals surface area contributed by atoms with Crippen molar-refractivity contribution in [3.05, 3.63) is 58.0 Å². The molecule has 5 heterocycles. The molecule has 20 nitrogen and oxygen atoms in total. The first-order chi connectivity index (χ1) is 26.7. The van der Waals surface area contributed by atoms with E-state index in [0.29, 0.717) is 5.71 Å². The summed E-state index contributed by atoms with van der Waals surface area (Å²) in [4.78, 5) is 80.0. The number of carboxylic acid groups (broad SMARTS) is 1. The number of carbonyl (C=O) groups excluding carboxylic acids is 4. The largest absolute Gasteiger partial charge is 0.504 e.